The van der Waals surface area contributed by atoms with Crippen LogP contribution in [0.25, 0.3) is 10.9 Å². The van der Waals surface area contributed by atoms with Crippen molar-refractivity contribution in [1.82, 2.24) is 15.3 Å². The molecule has 20 heavy (non-hydrogen) atoms. The van der Waals surface area contributed by atoms with E-state index in [4.69, 9.17) is 5.11 Å². The number of aliphatic hydroxyl groups excluding tert-OH is 1. The SMILES string of the molecule is CC(CCCO)NC(=O)c1nc2ccccc2c(=O)[nH]1. The molecule has 2 rings (SSSR count). The second-order valence-electron chi connectivity index (χ2n) is 4.67. The molecule has 1 aromatic carbocycles. The van der Waals surface area contributed by atoms with E-state index in [2.05, 4.69) is 15.3 Å². The van der Waals surface area contributed by atoms with Crippen molar-refractivity contribution in [2.24, 2.45) is 0 Å². The molecular formula is C14H17N3O3. The predicted octanol–water partition coefficient (Wildman–Crippen LogP) is 0.814. The van der Waals surface area contributed by atoms with Crippen LogP contribution >= 0.6 is 0 Å². The van der Waals surface area contributed by atoms with E-state index in [9.17, 15) is 9.59 Å². The first kappa shape index (κ1) is 14.2. The zero-order valence-corrected chi connectivity index (χ0v) is 11.2. The first-order chi connectivity index (χ1) is 9.61. The van der Waals surface area contributed by atoms with Gasteiger partial charge in [0.25, 0.3) is 11.5 Å². The fourth-order valence-electron chi connectivity index (χ4n) is 1.96. The topological polar surface area (TPSA) is 95.1 Å². The van der Waals surface area contributed by atoms with Crippen LogP contribution in [0.1, 0.15) is 30.4 Å². The van der Waals surface area contributed by atoms with Gasteiger partial charge in [-0.2, -0.15) is 0 Å². The first-order valence-corrected chi connectivity index (χ1v) is 6.52. The Labute approximate surface area is 115 Å². The minimum atomic E-state index is -0.418. The van der Waals surface area contributed by atoms with Crippen molar-refractivity contribution in [3.8, 4) is 0 Å². The summed E-state index contributed by atoms with van der Waals surface area (Å²) < 4.78 is 0. The maximum atomic E-state index is 12.0. The number of nitrogens with one attached hydrogen (secondary N) is 2. The second-order valence-corrected chi connectivity index (χ2v) is 4.67. The van der Waals surface area contributed by atoms with E-state index in [1.165, 1.54) is 0 Å². The van der Waals surface area contributed by atoms with Gasteiger partial charge in [0.05, 0.1) is 10.9 Å². The number of carbonyl (C=O) groups is 1. The number of H-pyrrole nitrogens is 1. The van der Waals surface area contributed by atoms with Crippen molar-refractivity contribution in [1.29, 1.82) is 0 Å². The number of carbonyl (C=O) groups excluding carboxylic acids is 1. The van der Waals surface area contributed by atoms with E-state index >= 15 is 0 Å². The summed E-state index contributed by atoms with van der Waals surface area (Å²) in [5, 5.41) is 11.9. The van der Waals surface area contributed by atoms with Crippen LogP contribution in [0, 0.1) is 0 Å². The number of aromatic nitrogens is 2. The molecule has 1 unspecified atom stereocenters. The Morgan fingerprint density at radius 1 is 1.45 bits per heavy atom. The Balaban J connectivity index is 2.20. The normalized spacial score (nSPS) is 12.3. The quantitative estimate of drug-likeness (QED) is 0.752. The number of hydrogen-bond acceptors (Lipinski definition) is 4. The second kappa shape index (κ2) is 6.29. The number of hydrogen-bond donors (Lipinski definition) is 3. The first-order valence-electron chi connectivity index (χ1n) is 6.52. The molecule has 0 saturated heterocycles. The molecule has 2 aromatic rings. The highest BCUT2D eigenvalue weighted by Crippen LogP contribution is 2.06. The van der Waals surface area contributed by atoms with Crippen molar-refractivity contribution in [2.75, 3.05) is 6.61 Å². The molecule has 1 heterocycles. The van der Waals surface area contributed by atoms with Crippen LogP contribution in [0.15, 0.2) is 29.1 Å². The van der Waals surface area contributed by atoms with Gasteiger partial charge >= 0.3 is 0 Å². The van der Waals surface area contributed by atoms with Crippen LogP contribution in [0.4, 0.5) is 0 Å². The summed E-state index contributed by atoms with van der Waals surface area (Å²) in [5.41, 5.74) is 0.160. The molecule has 3 N–H and O–H groups in total. The standard InChI is InChI=1S/C14H17N3O3/c1-9(5-4-8-18)15-14(20)12-16-11-7-3-2-6-10(11)13(19)17-12/h2-3,6-7,9,18H,4-5,8H2,1H3,(H,15,20)(H,16,17,19). The smallest absolute Gasteiger partial charge is 0.287 e. The van der Waals surface area contributed by atoms with Gasteiger partial charge in [-0.05, 0) is 31.9 Å². The van der Waals surface area contributed by atoms with Gasteiger partial charge in [-0.15, -0.1) is 0 Å². The van der Waals surface area contributed by atoms with Crippen LogP contribution in [0.3, 0.4) is 0 Å². The molecule has 1 atom stereocenters. The average Bonchev–Trinajstić information content (AvgIpc) is 2.45. The van der Waals surface area contributed by atoms with E-state index in [-0.39, 0.29) is 24.0 Å². The van der Waals surface area contributed by atoms with Gasteiger partial charge in [-0.3, -0.25) is 9.59 Å². The third-order valence-corrected chi connectivity index (χ3v) is 3.00. The predicted molar refractivity (Wildman–Crippen MR) is 75.6 cm³/mol. The van der Waals surface area contributed by atoms with E-state index in [0.717, 1.165) is 0 Å². The van der Waals surface area contributed by atoms with Crippen molar-refractivity contribution in [3.05, 3.63) is 40.4 Å². The lowest BCUT2D eigenvalue weighted by molar-refractivity contribution is 0.0926. The van der Waals surface area contributed by atoms with Crippen LogP contribution in [-0.4, -0.2) is 33.6 Å². The molecule has 0 radical (unpaired) electrons. The van der Waals surface area contributed by atoms with E-state index in [1.54, 1.807) is 24.3 Å². The summed E-state index contributed by atoms with van der Waals surface area (Å²) in [6, 6.07) is 6.77. The summed E-state index contributed by atoms with van der Waals surface area (Å²) >= 11 is 0. The Morgan fingerprint density at radius 2 is 2.20 bits per heavy atom. The van der Waals surface area contributed by atoms with Crippen LogP contribution in [-0.2, 0) is 0 Å². The Hall–Kier alpha value is -2.21. The maximum Gasteiger partial charge on any atom is 0.287 e. The largest absolute Gasteiger partial charge is 0.396 e. The third kappa shape index (κ3) is 3.21. The summed E-state index contributed by atoms with van der Waals surface area (Å²) in [6.45, 7) is 1.93. The van der Waals surface area contributed by atoms with Gasteiger partial charge in [0.15, 0.2) is 5.82 Å². The highest BCUT2D eigenvalue weighted by molar-refractivity contribution is 5.92. The van der Waals surface area contributed by atoms with Crippen LogP contribution < -0.4 is 10.9 Å². The molecular weight excluding hydrogens is 258 g/mol. The van der Waals surface area contributed by atoms with E-state index in [0.29, 0.717) is 23.7 Å². The van der Waals surface area contributed by atoms with Gasteiger partial charge in [-0.25, -0.2) is 4.98 Å². The van der Waals surface area contributed by atoms with Crippen molar-refractivity contribution in [3.63, 3.8) is 0 Å². The highest BCUT2D eigenvalue weighted by Gasteiger charge is 2.13. The number of amides is 1. The molecule has 0 saturated carbocycles. The zero-order valence-electron chi connectivity index (χ0n) is 11.2. The Bertz CT molecular complexity index is 666. The molecule has 0 aliphatic rings. The summed E-state index contributed by atoms with van der Waals surface area (Å²) in [4.78, 5) is 30.5. The number of fused-ring (bicyclic) bond motifs is 1. The molecule has 0 aliphatic heterocycles. The number of aliphatic hydroxyl groups is 1. The van der Waals surface area contributed by atoms with Gasteiger partial charge in [0.2, 0.25) is 0 Å². The molecule has 0 fully saturated rings. The number of aromatic amines is 1. The molecule has 0 aliphatic carbocycles. The Kier molecular flexibility index (Phi) is 4.47. The lowest BCUT2D eigenvalue weighted by atomic mass is 10.2. The molecule has 0 bridgehead atoms. The van der Waals surface area contributed by atoms with Gasteiger partial charge in [-0.1, -0.05) is 12.1 Å². The molecule has 6 heteroatoms. The van der Waals surface area contributed by atoms with E-state index < -0.39 is 5.91 Å². The fourth-order valence-corrected chi connectivity index (χ4v) is 1.96. The fraction of sp³-hybridized carbons (Fsp3) is 0.357. The number of para-hydroxylation sites is 1. The van der Waals surface area contributed by atoms with Gasteiger partial charge < -0.3 is 15.4 Å². The Morgan fingerprint density at radius 3 is 2.95 bits per heavy atom. The van der Waals surface area contributed by atoms with Crippen molar-refractivity contribution >= 4 is 16.8 Å². The van der Waals surface area contributed by atoms with Crippen LogP contribution in [0.5, 0.6) is 0 Å². The van der Waals surface area contributed by atoms with Crippen LogP contribution in [0.2, 0.25) is 0 Å². The maximum absolute atomic E-state index is 12.0. The van der Waals surface area contributed by atoms with E-state index in [1.807, 2.05) is 6.92 Å². The number of benzene rings is 1. The minimum Gasteiger partial charge on any atom is -0.396 e. The lowest BCUT2D eigenvalue weighted by Crippen LogP contribution is -2.35. The number of rotatable bonds is 5. The third-order valence-electron chi connectivity index (χ3n) is 3.00. The minimum absolute atomic E-state index is 0.00421. The summed E-state index contributed by atoms with van der Waals surface area (Å²) in [5.74, 6) is -0.414. The van der Waals surface area contributed by atoms with Gasteiger partial charge in [0.1, 0.15) is 0 Å². The molecule has 1 amide bonds. The number of nitrogens with zero attached hydrogens (tertiary/aromatic N) is 1. The lowest BCUT2D eigenvalue weighted by Gasteiger charge is -2.12. The average molecular weight is 275 g/mol. The van der Waals surface area contributed by atoms with Gasteiger partial charge in [0, 0.05) is 12.6 Å². The molecule has 6 nitrogen and oxygen atoms in total. The monoisotopic (exact) mass is 275 g/mol. The van der Waals surface area contributed by atoms with Crippen molar-refractivity contribution in [2.45, 2.75) is 25.8 Å². The zero-order chi connectivity index (χ0) is 14.5. The summed E-state index contributed by atoms with van der Waals surface area (Å²) in [7, 11) is 0. The summed E-state index contributed by atoms with van der Waals surface area (Å²) in [6.07, 6.45) is 1.28. The molecule has 1 aromatic heterocycles. The van der Waals surface area contributed by atoms with Crippen molar-refractivity contribution < 1.29 is 9.90 Å². The molecule has 0 spiro atoms. The molecule has 106 valence electrons. The highest BCUT2D eigenvalue weighted by atomic mass is 16.3.